The van der Waals surface area contributed by atoms with E-state index in [1.807, 2.05) is 43.0 Å². The Morgan fingerprint density at radius 1 is 0.911 bits per heavy atom. The number of halogens is 1. The summed E-state index contributed by atoms with van der Waals surface area (Å²) in [6.07, 6.45) is 18.0. The fourth-order valence-corrected chi connectivity index (χ4v) is 12.8. The van der Waals surface area contributed by atoms with Crippen LogP contribution in [0.2, 0.25) is 0 Å². The molecular formula is C39H54BrN3O2. The van der Waals surface area contributed by atoms with E-state index in [9.17, 15) is 4.79 Å². The van der Waals surface area contributed by atoms with Crippen LogP contribution in [0.1, 0.15) is 104 Å². The third kappa shape index (κ3) is 4.57. The summed E-state index contributed by atoms with van der Waals surface area (Å²) in [5.41, 5.74) is 3.97. The number of hydrogen-bond acceptors (Lipinski definition) is 4. The van der Waals surface area contributed by atoms with Crippen molar-refractivity contribution in [3.05, 3.63) is 66.5 Å². The van der Waals surface area contributed by atoms with Crippen molar-refractivity contribution in [3.8, 4) is 0 Å². The Bertz CT molecular complexity index is 1460. The molecule has 45 heavy (non-hydrogen) atoms. The molecule has 2 heterocycles. The van der Waals surface area contributed by atoms with Crippen LogP contribution in [-0.4, -0.2) is 22.5 Å². The monoisotopic (exact) mass is 675 g/mol. The molecular weight excluding hydrogens is 622 g/mol. The molecule has 7 rings (SSSR count). The highest BCUT2D eigenvalue weighted by Gasteiger charge is 2.72. The molecule has 2 aromatic rings. The molecule has 4 saturated carbocycles. The molecule has 0 N–H and O–H groups in total. The summed E-state index contributed by atoms with van der Waals surface area (Å²) < 4.78 is 8.30. The first-order chi connectivity index (χ1) is 20.9. The lowest BCUT2D eigenvalue weighted by Gasteiger charge is -2.72. The minimum Gasteiger partial charge on any atom is -1.00 e. The number of aromatic nitrogens is 3. The van der Waals surface area contributed by atoms with Crippen LogP contribution in [0, 0.1) is 51.2 Å². The summed E-state index contributed by atoms with van der Waals surface area (Å²) in [5, 5.41) is 0. The first kappa shape index (κ1) is 32.8. The van der Waals surface area contributed by atoms with E-state index in [4.69, 9.17) is 14.7 Å². The molecule has 6 heteroatoms. The van der Waals surface area contributed by atoms with E-state index >= 15 is 0 Å². The molecule has 0 amide bonds. The highest BCUT2D eigenvalue weighted by molar-refractivity contribution is 5.78. The SMILES string of the molecule is C=C(C)C1CCC2(C(=O)OCC[n+]3ccccc3)CCC3(C)C(CCC4C5(C)Cc6nccnc6C(C)(C)C5CCC43C)C12.[Br-]. The first-order valence-electron chi connectivity index (χ1n) is 17.5. The molecule has 0 bridgehead atoms. The quantitative estimate of drug-likeness (QED) is 0.262. The van der Waals surface area contributed by atoms with Gasteiger partial charge in [0.1, 0.15) is 0 Å². The van der Waals surface area contributed by atoms with Crippen molar-refractivity contribution in [2.24, 2.45) is 51.2 Å². The summed E-state index contributed by atoms with van der Waals surface area (Å²) in [6.45, 7) is 20.7. The van der Waals surface area contributed by atoms with Crippen LogP contribution in [0.25, 0.3) is 0 Å². The van der Waals surface area contributed by atoms with Crippen molar-refractivity contribution in [2.45, 2.75) is 111 Å². The van der Waals surface area contributed by atoms with Gasteiger partial charge in [-0.05, 0) is 111 Å². The van der Waals surface area contributed by atoms with E-state index in [-0.39, 0.29) is 50.0 Å². The Hall–Kier alpha value is -2.08. The maximum absolute atomic E-state index is 14.3. The van der Waals surface area contributed by atoms with E-state index in [1.165, 1.54) is 42.6 Å². The largest absolute Gasteiger partial charge is 1.00 e. The van der Waals surface area contributed by atoms with Gasteiger partial charge < -0.3 is 21.7 Å². The first-order valence-corrected chi connectivity index (χ1v) is 17.5. The van der Waals surface area contributed by atoms with Crippen LogP contribution in [0.3, 0.4) is 0 Å². The third-order valence-corrected chi connectivity index (χ3v) is 14.9. The van der Waals surface area contributed by atoms with E-state index in [2.05, 4.69) is 52.7 Å². The summed E-state index contributed by atoms with van der Waals surface area (Å²) in [5.74, 6) is 2.55. The number of nitrogens with zero attached hydrogens (tertiary/aromatic N) is 3. The van der Waals surface area contributed by atoms with Crippen molar-refractivity contribution in [3.63, 3.8) is 0 Å². The number of carbonyl (C=O) groups excluding carboxylic acids is 1. The van der Waals surface area contributed by atoms with Crippen molar-refractivity contribution >= 4 is 5.97 Å². The smallest absolute Gasteiger partial charge is 0.312 e. The Morgan fingerprint density at radius 3 is 2.38 bits per heavy atom. The Kier molecular flexibility index (Phi) is 8.23. The van der Waals surface area contributed by atoms with Gasteiger partial charge in [0, 0.05) is 29.9 Å². The Morgan fingerprint density at radius 2 is 1.64 bits per heavy atom. The zero-order valence-corrected chi connectivity index (χ0v) is 30.0. The predicted octanol–water partition coefficient (Wildman–Crippen LogP) is 4.68. The van der Waals surface area contributed by atoms with Gasteiger partial charge in [-0.3, -0.25) is 14.8 Å². The van der Waals surface area contributed by atoms with Crippen LogP contribution in [-0.2, 0) is 27.9 Å². The van der Waals surface area contributed by atoms with Gasteiger partial charge in [0.25, 0.3) is 0 Å². The van der Waals surface area contributed by atoms with Gasteiger partial charge in [-0.1, -0.05) is 52.8 Å². The van der Waals surface area contributed by atoms with Crippen molar-refractivity contribution in [1.82, 2.24) is 9.97 Å². The van der Waals surface area contributed by atoms with Crippen molar-refractivity contribution in [1.29, 1.82) is 0 Å². The topological polar surface area (TPSA) is 56.0 Å². The summed E-state index contributed by atoms with van der Waals surface area (Å²) in [4.78, 5) is 24.1. The number of fused-ring (bicyclic) bond motifs is 8. The second-order valence-corrected chi connectivity index (χ2v) is 16.8. The lowest BCUT2D eigenvalue weighted by atomic mass is 9.32. The molecule has 0 saturated heterocycles. The van der Waals surface area contributed by atoms with Gasteiger partial charge >= 0.3 is 5.97 Å². The van der Waals surface area contributed by atoms with Crippen molar-refractivity contribution in [2.75, 3.05) is 6.61 Å². The lowest BCUT2D eigenvalue weighted by Crippen LogP contribution is -3.00. The summed E-state index contributed by atoms with van der Waals surface area (Å²) in [6, 6.07) is 6.07. The maximum Gasteiger partial charge on any atom is 0.312 e. The van der Waals surface area contributed by atoms with Gasteiger partial charge in [-0.15, -0.1) is 0 Å². The average Bonchev–Trinajstić information content (AvgIpc) is 3.39. The number of allylic oxidation sites excluding steroid dienone is 1. The Balaban J connectivity index is 0.00000357. The zero-order valence-electron chi connectivity index (χ0n) is 28.4. The highest BCUT2D eigenvalue weighted by Crippen LogP contribution is 2.77. The zero-order chi connectivity index (χ0) is 31.1. The molecule has 9 atom stereocenters. The average molecular weight is 677 g/mol. The minimum atomic E-state index is -0.374. The maximum atomic E-state index is 14.3. The van der Waals surface area contributed by atoms with Crippen LogP contribution in [0.4, 0.5) is 0 Å². The van der Waals surface area contributed by atoms with Crippen molar-refractivity contribution < 1.29 is 31.1 Å². The molecule has 9 unspecified atom stereocenters. The highest BCUT2D eigenvalue weighted by atomic mass is 79.9. The molecule has 5 aliphatic carbocycles. The van der Waals surface area contributed by atoms with E-state index in [0.717, 1.165) is 32.1 Å². The lowest BCUT2D eigenvalue weighted by molar-refractivity contribution is -0.698. The standard InChI is InChI=1S/C39H54N3O2.BrH/c1-26(2)27-13-16-39(34(43)44-24-23-42-21-9-8-10-22-42)18-17-37(6)28(32(27)39)11-12-31-36(5)25-29-33(41-20-19-40-29)35(3,4)30(36)14-15-38(31,37)7;/h8-10,19-22,27-28,30-32H,1,11-18,23-25H2,2-7H3;1H/q+1;/p-1. The number of esters is 1. The van der Waals surface area contributed by atoms with E-state index in [0.29, 0.717) is 42.7 Å². The van der Waals surface area contributed by atoms with Gasteiger partial charge in [-0.2, -0.15) is 0 Å². The second kappa shape index (κ2) is 11.3. The fraction of sp³-hybridized carbons (Fsp3) is 0.692. The fourth-order valence-electron chi connectivity index (χ4n) is 12.8. The molecule has 0 aromatic carbocycles. The van der Waals surface area contributed by atoms with Gasteiger partial charge in [0.05, 0.1) is 16.8 Å². The van der Waals surface area contributed by atoms with E-state index < -0.39 is 0 Å². The molecule has 0 aliphatic heterocycles. The van der Waals surface area contributed by atoms with Crippen LogP contribution in [0.5, 0.6) is 0 Å². The summed E-state index contributed by atoms with van der Waals surface area (Å²) in [7, 11) is 0. The molecule has 0 radical (unpaired) electrons. The second-order valence-electron chi connectivity index (χ2n) is 16.8. The number of carbonyl (C=O) groups is 1. The number of ether oxygens (including phenoxy) is 1. The van der Waals surface area contributed by atoms with Crippen LogP contribution < -0.4 is 21.5 Å². The molecule has 244 valence electrons. The van der Waals surface area contributed by atoms with Crippen LogP contribution >= 0.6 is 0 Å². The predicted molar refractivity (Wildman–Crippen MR) is 172 cm³/mol. The molecule has 4 fully saturated rings. The third-order valence-electron chi connectivity index (χ3n) is 14.9. The summed E-state index contributed by atoms with van der Waals surface area (Å²) >= 11 is 0. The van der Waals surface area contributed by atoms with Gasteiger partial charge in [-0.25, -0.2) is 4.57 Å². The normalized spacial score (nSPS) is 40.8. The minimum absolute atomic E-state index is 0. The van der Waals surface area contributed by atoms with E-state index in [1.54, 1.807) is 0 Å². The molecule has 5 aliphatic rings. The van der Waals surface area contributed by atoms with Gasteiger partial charge in [0.15, 0.2) is 25.5 Å². The molecule has 2 aromatic heterocycles. The van der Waals surface area contributed by atoms with Crippen LogP contribution in [0.15, 0.2) is 55.1 Å². The number of pyridine rings is 1. The number of hydrogen-bond donors (Lipinski definition) is 0. The number of rotatable bonds is 5. The Labute approximate surface area is 281 Å². The molecule has 0 spiro atoms. The van der Waals surface area contributed by atoms with Gasteiger partial charge in [0.2, 0.25) is 0 Å². The molecule has 5 nitrogen and oxygen atoms in total.